The lowest BCUT2D eigenvalue weighted by atomic mass is 9.87. The molecule has 1 aromatic rings. The zero-order chi connectivity index (χ0) is 17.8. The minimum atomic E-state index is -0.181. The quantitative estimate of drug-likeness (QED) is 0.718. The summed E-state index contributed by atoms with van der Waals surface area (Å²) in [6.07, 6.45) is 1.95. The average molecular weight is 346 g/mol. The summed E-state index contributed by atoms with van der Waals surface area (Å²) < 4.78 is 5.34. The second kappa shape index (κ2) is 7.84. The fourth-order valence-electron chi connectivity index (χ4n) is 3.85. The molecule has 7 heteroatoms. The first kappa shape index (κ1) is 17.7. The summed E-state index contributed by atoms with van der Waals surface area (Å²) >= 11 is 0. The first-order valence-corrected chi connectivity index (χ1v) is 8.76. The molecule has 25 heavy (non-hydrogen) atoms. The molecule has 0 spiro atoms. The summed E-state index contributed by atoms with van der Waals surface area (Å²) in [6.45, 7) is 3.04. The maximum Gasteiger partial charge on any atom is 0.242 e. The third-order valence-corrected chi connectivity index (χ3v) is 5.07. The first-order chi connectivity index (χ1) is 12.1. The van der Waals surface area contributed by atoms with E-state index in [1.54, 1.807) is 7.11 Å². The van der Waals surface area contributed by atoms with Crippen LogP contribution in [0, 0.1) is 0 Å². The van der Waals surface area contributed by atoms with Crippen molar-refractivity contribution in [3.8, 4) is 5.75 Å². The number of nitrogens with zero attached hydrogens (tertiary/aromatic N) is 1. The van der Waals surface area contributed by atoms with Crippen LogP contribution in [0.15, 0.2) is 24.3 Å². The predicted octanol–water partition coefficient (Wildman–Crippen LogP) is 0.382. The molecule has 1 aromatic carbocycles. The number of rotatable bonds is 5. The van der Waals surface area contributed by atoms with Crippen molar-refractivity contribution < 1.29 is 14.3 Å². The molecule has 0 saturated carbocycles. The van der Waals surface area contributed by atoms with E-state index in [-0.39, 0.29) is 36.4 Å². The van der Waals surface area contributed by atoms with Gasteiger partial charge in [-0.3, -0.25) is 20.4 Å². The van der Waals surface area contributed by atoms with Gasteiger partial charge in [0, 0.05) is 38.0 Å². The number of amides is 2. The number of methoxy groups -OCH3 is 1. The highest BCUT2D eigenvalue weighted by Gasteiger charge is 2.41. The predicted molar refractivity (Wildman–Crippen MR) is 94.1 cm³/mol. The van der Waals surface area contributed by atoms with Crippen molar-refractivity contribution in [1.29, 1.82) is 0 Å². The smallest absolute Gasteiger partial charge is 0.242 e. The van der Waals surface area contributed by atoms with Gasteiger partial charge in [0.25, 0.3) is 0 Å². The molecule has 2 heterocycles. The van der Waals surface area contributed by atoms with Crippen molar-refractivity contribution in [2.24, 2.45) is 0 Å². The molecule has 3 atom stereocenters. The molecule has 2 amide bonds. The second-order valence-corrected chi connectivity index (χ2v) is 6.64. The Kier molecular flexibility index (Phi) is 5.55. The van der Waals surface area contributed by atoms with E-state index in [2.05, 4.69) is 28.3 Å². The largest absolute Gasteiger partial charge is 0.497 e. The molecule has 7 nitrogen and oxygen atoms in total. The molecule has 136 valence electrons. The van der Waals surface area contributed by atoms with Crippen LogP contribution < -0.4 is 20.9 Å². The van der Waals surface area contributed by atoms with Crippen LogP contribution in [0.1, 0.15) is 31.2 Å². The SMILES string of the molecule is COc1cccc(C2CNNC2C2CCCN2C(=O)CNC(C)=O)c1. The topological polar surface area (TPSA) is 82.7 Å². The van der Waals surface area contributed by atoms with E-state index in [1.807, 2.05) is 17.0 Å². The molecular formula is C18H26N4O3. The zero-order valence-corrected chi connectivity index (χ0v) is 14.7. The number of ether oxygens (including phenoxy) is 1. The molecule has 3 unspecified atom stereocenters. The number of nitrogens with one attached hydrogen (secondary N) is 3. The van der Waals surface area contributed by atoms with E-state index in [4.69, 9.17) is 4.74 Å². The van der Waals surface area contributed by atoms with Crippen LogP contribution in [-0.2, 0) is 9.59 Å². The Balaban J connectivity index is 1.74. The minimum absolute atomic E-state index is 0.0178. The van der Waals surface area contributed by atoms with Gasteiger partial charge in [-0.25, -0.2) is 0 Å². The number of carbonyl (C=O) groups excluding carboxylic acids is 2. The van der Waals surface area contributed by atoms with Crippen LogP contribution in [-0.4, -0.2) is 55.5 Å². The molecule has 0 radical (unpaired) electrons. The Morgan fingerprint density at radius 2 is 2.24 bits per heavy atom. The summed E-state index contributed by atoms with van der Waals surface area (Å²) in [7, 11) is 1.67. The van der Waals surface area contributed by atoms with Crippen LogP contribution in [0.2, 0.25) is 0 Å². The van der Waals surface area contributed by atoms with Crippen molar-refractivity contribution in [2.75, 3.05) is 26.7 Å². The summed E-state index contributed by atoms with van der Waals surface area (Å²) in [5.74, 6) is 0.900. The third-order valence-electron chi connectivity index (χ3n) is 5.07. The maximum absolute atomic E-state index is 12.5. The fourth-order valence-corrected chi connectivity index (χ4v) is 3.85. The molecule has 2 fully saturated rings. The first-order valence-electron chi connectivity index (χ1n) is 8.76. The monoisotopic (exact) mass is 346 g/mol. The van der Waals surface area contributed by atoms with Gasteiger partial charge >= 0.3 is 0 Å². The number of hydrogen-bond donors (Lipinski definition) is 3. The molecule has 2 aliphatic rings. The average Bonchev–Trinajstić information content (AvgIpc) is 3.28. The van der Waals surface area contributed by atoms with Crippen molar-refractivity contribution in [1.82, 2.24) is 21.1 Å². The van der Waals surface area contributed by atoms with Crippen LogP contribution in [0.4, 0.5) is 0 Å². The minimum Gasteiger partial charge on any atom is -0.497 e. The lowest BCUT2D eigenvalue weighted by molar-refractivity contribution is -0.133. The summed E-state index contributed by atoms with van der Waals surface area (Å²) in [5.41, 5.74) is 7.81. The van der Waals surface area contributed by atoms with E-state index in [9.17, 15) is 9.59 Å². The summed E-state index contributed by atoms with van der Waals surface area (Å²) in [5, 5.41) is 2.61. The molecule has 2 aliphatic heterocycles. The van der Waals surface area contributed by atoms with Gasteiger partial charge in [0.05, 0.1) is 13.7 Å². The van der Waals surface area contributed by atoms with E-state index in [0.29, 0.717) is 0 Å². The van der Waals surface area contributed by atoms with Gasteiger partial charge in [-0.05, 0) is 30.5 Å². The summed E-state index contributed by atoms with van der Waals surface area (Å²) in [4.78, 5) is 25.5. The Morgan fingerprint density at radius 1 is 1.40 bits per heavy atom. The van der Waals surface area contributed by atoms with Crippen LogP contribution in [0.3, 0.4) is 0 Å². The van der Waals surface area contributed by atoms with Crippen molar-refractivity contribution in [3.05, 3.63) is 29.8 Å². The molecule has 0 bridgehead atoms. The molecular weight excluding hydrogens is 320 g/mol. The standard InChI is InChI=1S/C18H26N4O3/c1-12(23)19-11-17(24)22-8-4-7-16(22)18-15(10-20-21-18)13-5-3-6-14(9-13)25-2/h3,5-6,9,15-16,18,20-21H,4,7-8,10-11H2,1-2H3,(H,19,23). The Hall–Kier alpha value is -2.12. The van der Waals surface area contributed by atoms with Crippen LogP contribution in [0.25, 0.3) is 0 Å². The van der Waals surface area contributed by atoms with Gasteiger partial charge in [-0.1, -0.05) is 12.1 Å². The fraction of sp³-hybridized carbons (Fsp3) is 0.556. The maximum atomic E-state index is 12.5. The van der Waals surface area contributed by atoms with Crippen LogP contribution >= 0.6 is 0 Å². The number of likely N-dealkylation sites (tertiary alicyclic amines) is 1. The van der Waals surface area contributed by atoms with Crippen molar-refractivity contribution in [2.45, 2.75) is 37.8 Å². The van der Waals surface area contributed by atoms with Crippen molar-refractivity contribution in [3.63, 3.8) is 0 Å². The summed E-state index contributed by atoms with van der Waals surface area (Å²) in [6, 6.07) is 8.35. The number of hydrazine groups is 1. The lowest BCUT2D eigenvalue weighted by Gasteiger charge is -2.32. The second-order valence-electron chi connectivity index (χ2n) is 6.64. The van der Waals surface area contributed by atoms with Gasteiger partial charge in [0.2, 0.25) is 11.8 Å². The van der Waals surface area contributed by atoms with Gasteiger partial charge in [-0.15, -0.1) is 0 Å². The van der Waals surface area contributed by atoms with Gasteiger partial charge in [-0.2, -0.15) is 0 Å². The Morgan fingerprint density at radius 3 is 3.00 bits per heavy atom. The van der Waals surface area contributed by atoms with Gasteiger partial charge < -0.3 is 15.0 Å². The lowest BCUT2D eigenvalue weighted by Crippen LogP contribution is -2.51. The zero-order valence-electron chi connectivity index (χ0n) is 14.7. The third kappa shape index (κ3) is 3.93. The highest BCUT2D eigenvalue weighted by molar-refractivity contribution is 5.84. The van der Waals surface area contributed by atoms with Crippen LogP contribution in [0.5, 0.6) is 5.75 Å². The van der Waals surface area contributed by atoms with Gasteiger partial charge in [0.1, 0.15) is 5.75 Å². The molecule has 0 aliphatic carbocycles. The molecule has 2 saturated heterocycles. The Bertz CT molecular complexity index is 637. The number of carbonyl (C=O) groups is 2. The Labute approximate surface area is 148 Å². The van der Waals surface area contributed by atoms with Gasteiger partial charge in [0.15, 0.2) is 0 Å². The molecule has 0 aromatic heterocycles. The number of benzene rings is 1. The van der Waals surface area contributed by atoms with Crippen molar-refractivity contribution >= 4 is 11.8 Å². The van der Waals surface area contributed by atoms with E-state index in [0.717, 1.165) is 31.7 Å². The van der Waals surface area contributed by atoms with E-state index in [1.165, 1.54) is 12.5 Å². The normalized spacial score (nSPS) is 25.8. The van der Waals surface area contributed by atoms with E-state index < -0.39 is 0 Å². The number of hydrogen-bond acceptors (Lipinski definition) is 5. The van der Waals surface area contributed by atoms with E-state index >= 15 is 0 Å². The molecule has 3 rings (SSSR count). The highest BCUT2D eigenvalue weighted by atomic mass is 16.5. The highest BCUT2D eigenvalue weighted by Crippen LogP contribution is 2.32. The molecule has 3 N–H and O–H groups in total.